The Morgan fingerprint density at radius 3 is 2.09 bits per heavy atom. The molecule has 4 aromatic carbocycles. The molecule has 0 bridgehead atoms. The van der Waals surface area contributed by atoms with E-state index in [4.69, 9.17) is 11.6 Å². The Morgan fingerprint density at radius 2 is 1.44 bits per heavy atom. The summed E-state index contributed by atoms with van der Waals surface area (Å²) < 4.78 is 29.0. The van der Waals surface area contributed by atoms with E-state index in [1.165, 1.54) is 17.0 Å². The lowest BCUT2D eigenvalue weighted by Gasteiger charge is -2.34. The molecule has 9 heteroatoms. The maximum atomic E-state index is 14.4. The number of nitrogens with one attached hydrogen (secondary N) is 1. The van der Waals surface area contributed by atoms with Crippen molar-refractivity contribution in [2.75, 3.05) is 17.4 Å². The number of hydrogen-bond acceptors (Lipinski definition) is 4. The molecule has 4 rings (SSSR count). The normalized spacial score (nSPS) is 11.9. The fraction of sp³-hybridized carbons (Fsp3) is 0.235. The second-order valence-corrected chi connectivity index (χ2v) is 12.5. The fourth-order valence-electron chi connectivity index (χ4n) is 4.78. The van der Waals surface area contributed by atoms with E-state index in [-0.39, 0.29) is 34.5 Å². The molecule has 7 nitrogen and oxygen atoms in total. The minimum atomic E-state index is -4.20. The van der Waals surface area contributed by atoms with Crippen LogP contribution in [0.15, 0.2) is 114 Å². The van der Waals surface area contributed by atoms with E-state index in [0.717, 1.165) is 27.4 Å². The van der Waals surface area contributed by atoms with Crippen LogP contribution in [0.25, 0.3) is 0 Å². The van der Waals surface area contributed by atoms with Crippen molar-refractivity contribution in [3.05, 3.63) is 131 Å². The maximum Gasteiger partial charge on any atom is 0.264 e. The van der Waals surface area contributed by atoms with Gasteiger partial charge in [0.15, 0.2) is 0 Å². The van der Waals surface area contributed by atoms with Gasteiger partial charge < -0.3 is 10.2 Å². The SMILES string of the molecule is CCCNC(=O)C(Cc1ccccc1)N(Cc1ccccc1C)C(=O)CN(c1ccccc1Cl)S(=O)(=O)c1ccccc1. The van der Waals surface area contributed by atoms with Gasteiger partial charge in [-0.15, -0.1) is 0 Å². The topological polar surface area (TPSA) is 86.8 Å². The molecular formula is C34H36ClN3O4S. The Kier molecular flexibility index (Phi) is 11.0. The van der Waals surface area contributed by atoms with Crippen LogP contribution in [-0.2, 0) is 32.6 Å². The molecule has 1 unspecified atom stereocenters. The highest BCUT2D eigenvalue weighted by Gasteiger charge is 2.35. The minimum Gasteiger partial charge on any atom is -0.354 e. The molecular weight excluding hydrogens is 582 g/mol. The van der Waals surface area contributed by atoms with Crippen LogP contribution >= 0.6 is 11.6 Å². The molecule has 0 aliphatic heterocycles. The van der Waals surface area contributed by atoms with Gasteiger partial charge in [0, 0.05) is 19.5 Å². The lowest BCUT2D eigenvalue weighted by Crippen LogP contribution is -2.53. The number of hydrogen-bond donors (Lipinski definition) is 1. The summed E-state index contributed by atoms with van der Waals surface area (Å²) in [6.45, 7) is 3.91. The van der Waals surface area contributed by atoms with Gasteiger partial charge in [0.25, 0.3) is 10.0 Å². The number of para-hydroxylation sites is 1. The molecule has 0 aliphatic rings. The summed E-state index contributed by atoms with van der Waals surface area (Å²) in [7, 11) is -4.20. The number of halogens is 1. The molecule has 43 heavy (non-hydrogen) atoms. The molecule has 224 valence electrons. The van der Waals surface area contributed by atoms with Crippen molar-refractivity contribution in [1.29, 1.82) is 0 Å². The molecule has 0 saturated heterocycles. The summed E-state index contributed by atoms with van der Waals surface area (Å²) in [5.74, 6) is -0.835. The Labute approximate surface area is 259 Å². The molecule has 0 heterocycles. The van der Waals surface area contributed by atoms with Crippen molar-refractivity contribution in [2.24, 2.45) is 0 Å². The molecule has 0 fully saturated rings. The highest BCUT2D eigenvalue weighted by atomic mass is 35.5. The van der Waals surface area contributed by atoms with Crippen molar-refractivity contribution in [1.82, 2.24) is 10.2 Å². The van der Waals surface area contributed by atoms with E-state index in [9.17, 15) is 18.0 Å². The average molecular weight is 618 g/mol. The lowest BCUT2D eigenvalue weighted by molar-refractivity contribution is -0.140. The average Bonchev–Trinajstić information content (AvgIpc) is 3.02. The summed E-state index contributed by atoms with van der Waals surface area (Å²) in [6, 6.07) is 30.6. The van der Waals surface area contributed by atoms with Crippen LogP contribution < -0.4 is 9.62 Å². The molecule has 0 aliphatic carbocycles. The molecule has 0 saturated carbocycles. The van der Waals surface area contributed by atoms with Crippen molar-refractivity contribution in [3.8, 4) is 0 Å². The van der Waals surface area contributed by atoms with E-state index in [1.54, 1.807) is 42.5 Å². The number of nitrogens with zero attached hydrogens (tertiary/aromatic N) is 2. The van der Waals surface area contributed by atoms with Gasteiger partial charge >= 0.3 is 0 Å². The number of benzene rings is 4. The second kappa shape index (κ2) is 14.8. The van der Waals surface area contributed by atoms with Gasteiger partial charge in [-0.2, -0.15) is 0 Å². The van der Waals surface area contributed by atoms with Crippen molar-refractivity contribution in [3.63, 3.8) is 0 Å². The predicted octanol–water partition coefficient (Wildman–Crippen LogP) is 6.01. The third-order valence-corrected chi connectivity index (χ3v) is 9.25. The van der Waals surface area contributed by atoms with Crippen LogP contribution in [0.1, 0.15) is 30.0 Å². The number of anilines is 1. The van der Waals surface area contributed by atoms with Gasteiger partial charge in [-0.3, -0.25) is 13.9 Å². The molecule has 2 amide bonds. The Morgan fingerprint density at radius 1 is 0.837 bits per heavy atom. The highest BCUT2D eigenvalue weighted by Crippen LogP contribution is 2.31. The lowest BCUT2D eigenvalue weighted by atomic mass is 10.0. The van der Waals surface area contributed by atoms with Gasteiger partial charge in [0.1, 0.15) is 12.6 Å². The van der Waals surface area contributed by atoms with Crippen LogP contribution in [0.2, 0.25) is 5.02 Å². The van der Waals surface area contributed by atoms with Crippen LogP contribution in [-0.4, -0.2) is 44.3 Å². The Hall–Kier alpha value is -4.14. The first kappa shape index (κ1) is 31.8. The molecule has 0 aromatic heterocycles. The standard InChI is InChI=1S/C34H36ClN3O4S/c1-3-22-36-34(40)32(23-27-15-6-4-7-16-27)37(24-28-17-11-10-14-26(28)2)33(39)25-38(31-21-13-12-20-30(31)35)43(41,42)29-18-8-5-9-19-29/h4-21,32H,3,22-25H2,1-2H3,(H,36,40). The summed E-state index contributed by atoms with van der Waals surface area (Å²) in [6.07, 6.45) is 0.983. The van der Waals surface area contributed by atoms with Crippen molar-refractivity contribution < 1.29 is 18.0 Å². The first-order valence-corrected chi connectivity index (χ1v) is 16.0. The third-order valence-electron chi connectivity index (χ3n) is 7.15. The van der Waals surface area contributed by atoms with E-state index in [1.807, 2.05) is 68.4 Å². The van der Waals surface area contributed by atoms with Crippen LogP contribution in [0.3, 0.4) is 0 Å². The van der Waals surface area contributed by atoms with Crippen molar-refractivity contribution in [2.45, 2.75) is 44.2 Å². The van der Waals surface area contributed by atoms with E-state index < -0.39 is 28.5 Å². The number of rotatable bonds is 13. The van der Waals surface area contributed by atoms with Crippen LogP contribution in [0.4, 0.5) is 5.69 Å². The molecule has 0 radical (unpaired) electrons. The fourth-order valence-corrected chi connectivity index (χ4v) is 6.52. The molecule has 1 N–H and O–H groups in total. The quantitative estimate of drug-likeness (QED) is 0.199. The highest BCUT2D eigenvalue weighted by molar-refractivity contribution is 7.92. The Bertz CT molecular complexity index is 1630. The number of sulfonamides is 1. The number of carbonyl (C=O) groups is 2. The van der Waals surface area contributed by atoms with Gasteiger partial charge in [-0.25, -0.2) is 8.42 Å². The summed E-state index contributed by atoms with van der Waals surface area (Å²) in [5.41, 5.74) is 2.86. The minimum absolute atomic E-state index is 0.0229. The largest absolute Gasteiger partial charge is 0.354 e. The van der Waals surface area contributed by atoms with Crippen molar-refractivity contribution >= 4 is 39.1 Å². The van der Waals surface area contributed by atoms with E-state index in [2.05, 4.69) is 5.32 Å². The van der Waals surface area contributed by atoms with Crippen LogP contribution in [0, 0.1) is 6.92 Å². The van der Waals surface area contributed by atoms with E-state index >= 15 is 0 Å². The predicted molar refractivity (Wildman–Crippen MR) is 171 cm³/mol. The molecule has 4 aromatic rings. The maximum absolute atomic E-state index is 14.4. The zero-order valence-corrected chi connectivity index (χ0v) is 25.9. The summed E-state index contributed by atoms with van der Waals surface area (Å²) in [4.78, 5) is 29.7. The summed E-state index contributed by atoms with van der Waals surface area (Å²) >= 11 is 6.51. The van der Waals surface area contributed by atoms with Gasteiger partial charge in [-0.1, -0.05) is 103 Å². The first-order valence-electron chi connectivity index (χ1n) is 14.2. The van der Waals surface area contributed by atoms with Gasteiger partial charge in [-0.05, 0) is 54.3 Å². The van der Waals surface area contributed by atoms with Crippen LogP contribution in [0.5, 0.6) is 0 Å². The third kappa shape index (κ3) is 8.03. The van der Waals surface area contributed by atoms with Gasteiger partial charge in [0.05, 0.1) is 15.6 Å². The number of amides is 2. The monoisotopic (exact) mass is 617 g/mol. The zero-order valence-electron chi connectivity index (χ0n) is 24.3. The number of aryl methyl sites for hydroxylation is 1. The molecule has 0 spiro atoms. The molecule has 1 atom stereocenters. The van der Waals surface area contributed by atoms with Gasteiger partial charge in [0.2, 0.25) is 11.8 Å². The smallest absolute Gasteiger partial charge is 0.264 e. The summed E-state index contributed by atoms with van der Waals surface area (Å²) in [5, 5.41) is 3.14. The zero-order chi connectivity index (χ0) is 30.8. The second-order valence-electron chi connectivity index (χ2n) is 10.2. The Balaban J connectivity index is 1.81. The van der Waals surface area contributed by atoms with E-state index in [0.29, 0.717) is 6.54 Å². The first-order chi connectivity index (χ1) is 20.7. The number of carbonyl (C=O) groups excluding carboxylic acids is 2.